The molecule has 21 heavy (non-hydrogen) atoms. The molecule has 0 saturated heterocycles. The first-order valence-electron chi connectivity index (χ1n) is 6.57. The predicted molar refractivity (Wildman–Crippen MR) is 76.5 cm³/mol. The van der Waals surface area contributed by atoms with Gasteiger partial charge in [0, 0.05) is 19.3 Å². The molecule has 0 saturated carbocycles. The van der Waals surface area contributed by atoms with E-state index in [1.165, 1.54) is 6.07 Å². The van der Waals surface area contributed by atoms with Crippen molar-refractivity contribution in [1.29, 1.82) is 0 Å². The second-order valence-electron chi connectivity index (χ2n) is 4.92. The summed E-state index contributed by atoms with van der Waals surface area (Å²) in [5.41, 5.74) is -0.467. The van der Waals surface area contributed by atoms with Crippen LogP contribution in [0.1, 0.15) is 22.3 Å². The van der Waals surface area contributed by atoms with Crippen molar-refractivity contribution in [2.45, 2.75) is 12.6 Å². The van der Waals surface area contributed by atoms with Gasteiger partial charge < -0.3 is 15.5 Å². The summed E-state index contributed by atoms with van der Waals surface area (Å²) in [4.78, 5) is 14.0. The lowest BCUT2D eigenvalue weighted by Gasteiger charge is -2.14. The van der Waals surface area contributed by atoms with Crippen LogP contribution in [0.4, 0.5) is 18.9 Å². The highest BCUT2D eigenvalue weighted by atomic mass is 19.4. The van der Waals surface area contributed by atoms with Crippen LogP contribution in [0.15, 0.2) is 18.2 Å². The van der Waals surface area contributed by atoms with Crippen molar-refractivity contribution in [1.82, 2.24) is 10.2 Å². The molecule has 1 aromatic carbocycles. The summed E-state index contributed by atoms with van der Waals surface area (Å²) >= 11 is 0. The van der Waals surface area contributed by atoms with Crippen LogP contribution in [-0.2, 0) is 6.18 Å². The SMILES string of the molecule is CNc1ccc(C(F)(F)F)cc1C(=O)NCCCN(C)C. The average Bonchev–Trinajstić information content (AvgIpc) is 2.41. The number of rotatable bonds is 6. The summed E-state index contributed by atoms with van der Waals surface area (Å²) < 4.78 is 38.1. The smallest absolute Gasteiger partial charge is 0.387 e. The van der Waals surface area contributed by atoms with Gasteiger partial charge in [-0.2, -0.15) is 13.2 Å². The Morgan fingerprint density at radius 2 is 1.95 bits per heavy atom. The van der Waals surface area contributed by atoms with E-state index in [4.69, 9.17) is 0 Å². The van der Waals surface area contributed by atoms with E-state index in [0.29, 0.717) is 12.2 Å². The molecule has 0 aliphatic heterocycles. The molecule has 2 N–H and O–H groups in total. The second kappa shape index (κ2) is 7.31. The number of carbonyl (C=O) groups is 1. The van der Waals surface area contributed by atoms with E-state index in [-0.39, 0.29) is 5.56 Å². The maximum atomic E-state index is 12.7. The van der Waals surface area contributed by atoms with E-state index in [0.717, 1.165) is 25.1 Å². The first-order chi connectivity index (χ1) is 9.75. The molecule has 0 atom stereocenters. The number of nitrogens with one attached hydrogen (secondary N) is 2. The van der Waals surface area contributed by atoms with Crippen LogP contribution in [0.25, 0.3) is 0 Å². The van der Waals surface area contributed by atoms with Gasteiger partial charge in [0.2, 0.25) is 0 Å². The van der Waals surface area contributed by atoms with E-state index < -0.39 is 17.6 Å². The van der Waals surface area contributed by atoms with Crippen LogP contribution < -0.4 is 10.6 Å². The lowest BCUT2D eigenvalue weighted by Crippen LogP contribution is -2.28. The van der Waals surface area contributed by atoms with Gasteiger partial charge in [0.25, 0.3) is 5.91 Å². The zero-order valence-corrected chi connectivity index (χ0v) is 12.3. The number of alkyl halides is 3. The van der Waals surface area contributed by atoms with Gasteiger partial charge in [0.15, 0.2) is 0 Å². The number of carbonyl (C=O) groups excluding carboxylic acids is 1. The Kier molecular flexibility index (Phi) is 6.02. The van der Waals surface area contributed by atoms with Gasteiger partial charge in [-0.25, -0.2) is 0 Å². The van der Waals surface area contributed by atoms with Crippen molar-refractivity contribution in [2.24, 2.45) is 0 Å². The van der Waals surface area contributed by atoms with Gasteiger partial charge in [-0.3, -0.25) is 4.79 Å². The summed E-state index contributed by atoms with van der Waals surface area (Å²) in [6.45, 7) is 1.21. The van der Waals surface area contributed by atoms with Gasteiger partial charge in [0.05, 0.1) is 11.1 Å². The van der Waals surface area contributed by atoms with Crippen LogP contribution in [-0.4, -0.2) is 45.0 Å². The fourth-order valence-electron chi connectivity index (χ4n) is 1.82. The summed E-state index contributed by atoms with van der Waals surface area (Å²) in [6, 6.07) is 3.08. The van der Waals surface area contributed by atoms with Crippen molar-refractivity contribution < 1.29 is 18.0 Å². The lowest BCUT2D eigenvalue weighted by molar-refractivity contribution is -0.137. The largest absolute Gasteiger partial charge is 0.416 e. The molecule has 0 spiro atoms. The van der Waals surface area contributed by atoms with Crippen molar-refractivity contribution in [2.75, 3.05) is 39.5 Å². The molecule has 0 heterocycles. The topological polar surface area (TPSA) is 44.4 Å². The molecule has 1 amide bonds. The molecule has 0 aromatic heterocycles. The second-order valence-corrected chi connectivity index (χ2v) is 4.92. The number of hydrogen-bond donors (Lipinski definition) is 2. The van der Waals surface area contributed by atoms with Crippen LogP contribution in [0.3, 0.4) is 0 Å². The van der Waals surface area contributed by atoms with Gasteiger partial charge >= 0.3 is 6.18 Å². The lowest BCUT2D eigenvalue weighted by atomic mass is 10.1. The zero-order valence-electron chi connectivity index (χ0n) is 12.3. The average molecular weight is 303 g/mol. The first-order valence-corrected chi connectivity index (χ1v) is 6.57. The molecular weight excluding hydrogens is 283 g/mol. The van der Waals surface area contributed by atoms with E-state index in [9.17, 15) is 18.0 Å². The molecule has 118 valence electrons. The van der Waals surface area contributed by atoms with Crippen LogP contribution in [0.5, 0.6) is 0 Å². The number of halogens is 3. The Morgan fingerprint density at radius 1 is 1.29 bits per heavy atom. The standard InChI is InChI=1S/C14H20F3N3O/c1-18-12-6-5-10(14(15,16)17)9-11(12)13(21)19-7-4-8-20(2)3/h5-6,9,18H,4,7-8H2,1-3H3,(H,19,21). The molecule has 0 aliphatic rings. The highest BCUT2D eigenvalue weighted by molar-refractivity contribution is 5.99. The Morgan fingerprint density at radius 3 is 2.48 bits per heavy atom. The van der Waals surface area contributed by atoms with Gasteiger partial charge in [0.1, 0.15) is 0 Å². The van der Waals surface area contributed by atoms with E-state index in [2.05, 4.69) is 10.6 Å². The fraction of sp³-hybridized carbons (Fsp3) is 0.500. The molecule has 1 aromatic rings. The maximum absolute atomic E-state index is 12.7. The highest BCUT2D eigenvalue weighted by Gasteiger charge is 2.31. The molecule has 1 rings (SSSR count). The van der Waals surface area contributed by atoms with E-state index in [1.807, 2.05) is 19.0 Å². The molecular formula is C14H20F3N3O. The molecule has 0 bridgehead atoms. The van der Waals surface area contributed by atoms with Gasteiger partial charge in [-0.15, -0.1) is 0 Å². The minimum Gasteiger partial charge on any atom is -0.387 e. The Labute approximate surface area is 122 Å². The number of benzene rings is 1. The van der Waals surface area contributed by atoms with Crippen molar-refractivity contribution in [3.05, 3.63) is 29.3 Å². The number of anilines is 1. The molecule has 4 nitrogen and oxygen atoms in total. The Balaban J connectivity index is 2.81. The number of nitrogens with zero attached hydrogens (tertiary/aromatic N) is 1. The van der Waals surface area contributed by atoms with Crippen molar-refractivity contribution >= 4 is 11.6 Å². The predicted octanol–water partition coefficient (Wildman–Crippen LogP) is 2.43. The molecule has 7 heteroatoms. The van der Waals surface area contributed by atoms with Gasteiger partial charge in [-0.1, -0.05) is 0 Å². The van der Waals surface area contributed by atoms with Crippen LogP contribution in [0.2, 0.25) is 0 Å². The quantitative estimate of drug-likeness (QED) is 0.793. The summed E-state index contributed by atoms with van der Waals surface area (Å²) in [7, 11) is 5.38. The molecule has 0 radical (unpaired) electrons. The fourth-order valence-corrected chi connectivity index (χ4v) is 1.82. The molecule has 0 unspecified atom stereocenters. The first kappa shape index (κ1) is 17.3. The van der Waals surface area contributed by atoms with Gasteiger partial charge in [-0.05, 0) is 45.3 Å². The molecule has 0 fully saturated rings. The minimum atomic E-state index is -4.47. The third-order valence-corrected chi connectivity index (χ3v) is 2.93. The van der Waals surface area contributed by atoms with Crippen molar-refractivity contribution in [3.63, 3.8) is 0 Å². The number of hydrogen-bond acceptors (Lipinski definition) is 3. The Hall–Kier alpha value is -1.76. The van der Waals surface area contributed by atoms with E-state index in [1.54, 1.807) is 7.05 Å². The molecule has 0 aliphatic carbocycles. The summed E-state index contributed by atoms with van der Waals surface area (Å²) in [5.74, 6) is -0.510. The normalized spacial score (nSPS) is 11.6. The van der Waals surface area contributed by atoms with E-state index >= 15 is 0 Å². The third kappa shape index (κ3) is 5.26. The van der Waals surface area contributed by atoms with Crippen molar-refractivity contribution in [3.8, 4) is 0 Å². The van der Waals surface area contributed by atoms with Crippen LogP contribution >= 0.6 is 0 Å². The zero-order chi connectivity index (χ0) is 16.0. The summed E-state index contributed by atoms with van der Waals surface area (Å²) in [6.07, 6.45) is -3.74. The minimum absolute atomic E-state index is 0.00261. The Bertz CT molecular complexity index is 487. The monoisotopic (exact) mass is 303 g/mol. The maximum Gasteiger partial charge on any atom is 0.416 e. The summed E-state index contributed by atoms with van der Waals surface area (Å²) in [5, 5.41) is 5.36. The third-order valence-electron chi connectivity index (χ3n) is 2.93. The highest BCUT2D eigenvalue weighted by Crippen LogP contribution is 2.31. The number of amides is 1. The van der Waals surface area contributed by atoms with Crippen LogP contribution in [0, 0.1) is 0 Å².